The zero-order valence-electron chi connectivity index (χ0n) is 23.3. The van der Waals surface area contributed by atoms with Crippen LogP contribution in [0.25, 0.3) is 0 Å². The van der Waals surface area contributed by atoms with Crippen molar-refractivity contribution in [2.75, 3.05) is 17.3 Å². The number of rotatable bonds is 10. The topological polar surface area (TPSA) is 72.9 Å². The van der Waals surface area contributed by atoms with Gasteiger partial charge in [-0.2, -0.15) is 0 Å². The molecule has 0 unspecified atom stereocenters. The Kier molecular flexibility index (Phi) is 8.93. The van der Waals surface area contributed by atoms with E-state index >= 15 is 0 Å². The average molecular weight is 651 g/mol. The van der Waals surface area contributed by atoms with Gasteiger partial charge < -0.3 is 14.4 Å². The number of hydrogen-bond acceptors (Lipinski definition) is 6. The lowest BCUT2D eigenvalue weighted by atomic mass is 9.92. The minimum Gasteiger partial charge on any atom is -0.482 e. The van der Waals surface area contributed by atoms with Crippen LogP contribution in [-0.4, -0.2) is 35.3 Å². The third-order valence-electron chi connectivity index (χ3n) is 7.67. The molecule has 0 saturated carbocycles. The van der Waals surface area contributed by atoms with Gasteiger partial charge in [-0.25, -0.2) is 9.18 Å². The molecule has 0 spiro atoms. The Balaban J connectivity index is 1.13. The van der Waals surface area contributed by atoms with Crippen molar-refractivity contribution in [2.45, 2.75) is 30.6 Å². The first-order valence-corrected chi connectivity index (χ1v) is 15.8. The van der Waals surface area contributed by atoms with E-state index in [4.69, 9.17) is 32.7 Å². The van der Waals surface area contributed by atoms with E-state index in [0.29, 0.717) is 22.0 Å². The van der Waals surface area contributed by atoms with Crippen LogP contribution in [0, 0.1) is 5.82 Å². The normalized spacial score (nSPS) is 17.2. The van der Waals surface area contributed by atoms with E-state index < -0.39 is 17.0 Å². The summed E-state index contributed by atoms with van der Waals surface area (Å²) >= 11 is 13.2. The maximum Gasteiger partial charge on any atom is 0.349 e. The Labute approximate surface area is 268 Å². The highest BCUT2D eigenvalue weighted by Crippen LogP contribution is 2.45. The van der Waals surface area contributed by atoms with Gasteiger partial charge in [-0.1, -0.05) is 47.5 Å². The predicted molar refractivity (Wildman–Crippen MR) is 170 cm³/mol. The molecule has 224 valence electrons. The predicted octanol–water partition coefficient (Wildman–Crippen LogP) is 7.68. The van der Waals surface area contributed by atoms with E-state index in [1.165, 1.54) is 53.2 Å². The highest BCUT2D eigenvalue weighted by molar-refractivity contribution is 8.01. The highest BCUT2D eigenvalue weighted by Gasteiger charge is 2.49. The Morgan fingerprint density at radius 1 is 0.864 bits per heavy atom. The molecule has 0 bridgehead atoms. The molecule has 44 heavy (non-hydrogen) atoms. The molecule has 1 fully saturated rings. The minimum atomic E-state index is -0.621. The van der Waals surface area contributed by atoms with Crippen molar-refractivity contribution in [1.29, 1.82) is 0 Å². The third kappa shape index (κ3) is 6.48. The number of amides is 1. The number of nitrogens with zero attached hydrogens (tertiary/aromatic N) is 1. The third-order valence-corrected chi connectivity index (χ3v) is 9.65. The van der Waals surface area contributed by atoms with Crippen molar-refractivity contribution in [3.05, 3.63) is 123 Å². The number of hydrogen-bond donors (Lipinski definition) is 0. The van der Waals surface area contributed by atoms with Crippen molar-refractivity contribution in [2.24, 2.45) is 0 Å². The lowest BCUT2D eigenvalue weighted by molar-refractivity contribution is -0.136. The number of ketones is 1. The van der Waals surface area contributed by atoms with Gasteiger partial charge in [0.1, 0.15) is 22.6 Å². The van der Waals surface area contributed by atoms with Crippen molar-refractivity contribution in [3.63, 3.8) is 0 Å². The Morgan fingerprint density at radius 3 is 2.34 bits per heavy atom. The molecule has 4 aromatic carbocycles. The molecule has 1 heterocycles. The molecule has 0 radical (unpaired) electrons. The number of β-lactam (4-membered cyclic amide) rings is 1. The number of ether oxygens (including phenoxy) is 2. The largest absolute Gasteiger partial charge is 0.482 e. The second-order valence-corrected chi connectivity index (χ2v) is 12.5. The van der Waals surface area contributed by atoms with E-state index in [-0.39, 0.29) is 40.9 Å². The number of anilines is 1. The number of esters is 1. The molecular weight excluding hydrogens is 624 g/mol. The average Bonchev–Trinajstić information content (AvgIpc) is 3.50. The molecule has 1 saturated heterocycles. The molecule has 6 nitrogen and oxygen atoms in total. The van der Waals surface area contributed by atoms with E-state index in [1.54, 1.807) is 29.2 Å². The van der Waals surface area contributed by atoms with E-state index in [2.05, 4.69) is 0 Å². The van der Waals surface area contributed by atoms with Gasteiger partial charge in [0.2, 0.25) is 5.91 Å². The summed E-state index contributed by atoms with van der Waals surface area (Å²) in [7, 11) is 0. The van der Waals surface area contributed by atoms with Gasteiger partial charge >= 0.3 is 5.97 Å². The number of halogens is 3. The lowest BCUT2D eigenvalue weighted by Crippen LogP contribution is -2.57. The molecule has 10 heteroatoms. The summed E-state index contributed by atoms with van der Waals surface area (Å²) in [5.41, 5.74) is 4.56. The summed E-state index contributed by atoms with van der Waals surface area (Å²) < 4.78 is 24.5. The summed E-state index contributed by atoms with van der Waals surface area (Å²) in [5.74, 6) is -0.364. The first-order chi connectivity index (χ1) is 21.3. The van der Waals surface area contributed by atoms with Gasteiger partial charge in [0.05, 0.1) is 21.8 Å². The molecule has 6 rings (SSSR count). The number of carbonyl (C=O) groups is 3. The molecule has 1 amide bonds. The molecule has 4 aromatic rings. The Morgan fingerprint density at radius 2 is 1.59 bits per heavy atom. The van der Waals surface area contributed by atoms with Crippen molar-refractivity contribution < 1.29 is 28.2 Å². The van der Waals surface area contributed by atoms with Gasteiger partial charge in [-0.15, -0.1) is 11.8 Å². The smallest absolute Gasteiger partial charge is 0.349 e. The maximum absolute atomic E-state index is 13.6. The molecule has 2 aliphatic rings. The van der Waals surface area contributed by atoms with Crippen LogP contribution < -0.4 is 14.4 Å². The van der Waals surface area contributed by atoms with Gasteiger partial charge in [-0.05, 0) is 90.6 Å². The summed E-state index contributed by atoms with van der Waals surface area (Å²) in [6.07, 6.45) is 3.13. The molecule has 0 aromatic heterocycles. The Bertz CT molecular complexity index is 1730. The van der Waals surface area contributed by atoms with Gasteiger partial charge in [0.25, 0.3) is 0 Å². The number of Topliss-reactive ketones (excluding diaryl/α,β-unsaturated/α-hetero) is 1. The fraction of sp³-hybridized carbons (Fsp3) is 0.206. The van der Waals surface area contributed by atoms with Gasteiger partial charge in [-0.3, -0.25) is 9.59 Å². The zero-order chi connectivity index (χ0) is 30.8. The van der Waals surface area contributed by atoms with Crippen LogP contribution in [0.3, 0.4) is 0 Å². The lowest BCUT2D eigenvalue weighted by Gasteiger charge is -2.47. The SMILES string of the molecule is O=C(COc1ccc([C@@H]2[C@@H](SCC(=O)c3ccc4c(c3)CCC4)C(=O)N2c2ccc(F)cc2)cc1)Oc1ccc(Cl)c(Cl)c1. The number of benzene rings is 4. The molecule has 0 N–H and O–H groups in total. The van der Waals surface area contributed by atoms with E-state index in [0.717, 1.165) is 24.8 Å². The molecular formula is C34H26Cl2FNO5S. The summed E-state index contributed by atoms with van der Waals surface area (Å²) in [6, 6.07) is 22.8. The summed E-state index contributed by atoms with van der Waals surface area (Å²) in [6.45, 7) is -0.341. The maximum atomic E-state index is 13.6. The number of aryl methyl sites for hydroxylation is 2. The van der Waals surface area contributed by atoms with Crippen LogP contribution in [0.4, 0.5) is 10.1 Å². The quantitative estimate of drug-likeness (QED) is 0.0759. The van der Waals surface area contributed by atoms with Crippen LogP contribution in [0.15, 0.2) is 84.9 Å². The number of thioether (sulfide) groups is 1. The van der Waals surface area contributed by atoms with Crippen molar-refractivity contribution in [1.82, 2.24) is 0 Å². The van der Waals surface area contributed by atoms with Crippen LogP contribution in [0.5, 0.6) is 11.5 Å². The zero-order valence-corrected chi connectivity index (χ0v) is 25.6. The fourth-order valence-electron chi connectivity index (χ4n) is 5.44. The minimum absolute atomic E-state index is 0.0204. The fourth-order valence-corrected chi connectivity index (χ4v) is 6.94. The summed E-state index contributed by atoms with van der Waals surface area (Å²) in [5, 5.41) is 0.105. The monoisotopic (exact) mass is 649 g/mol. The second-order valence-electron chi connectivity index (χ2n) is 10.5. The standard InChI is InChI=1S/C34H26Cl2FNO5S/c35-28-15-14-27(17-29(28)36)43-31(40)18-42-26-12-6-21(7-13-26)32-33(34(41)38(32)25-10-8-24(37)9-11-25)44-19-30(39)23-5-4-20-2-1-3-22(20)16-23/h4-17,32-33H,1-3,18-19H2/t32-,33-/m1/s1. The number of carbonyl (C=O) groups excluding carboxylic acids is 3. The first-order valence-electron chi connectivity index (χ1n) is 14.0. The molecule has 1 aliphatic carbocycles. The molecule has 2 atom stereocenters. The van der Waals surface area contributed by atoms with Gasteiger partial charge in [0.15, 0.2) is 12.4 Å². The van der Waals surface area contributed by atoms with Crippen LogP contribution >= 0.6 is 35.0 Å². The van der Waals surface area contributed by atoms with Crippen LogP contribution in [-0.2, 0) is 22.4 Å². The second kappa shape index (κ2) is 13.0. The van der Waals surface area contributed by atoms with Crippen molar-refractivity contribution >= 4 is 58.3 Å². The number of fused-ring (bicyclic) bond motifs is 1. The van der Waals surface area contributed by atoms with E-state index in [9.17, 15) is 18.8 Å². The van der Waals surface area contributed by atoms with Crippen LogP contribution in [0.2, 0.25) is 10.0 Å². The van der Waals surface area contributed by atoms with Gasteiger partial charge in [0, 0.05) is 17.3 Å². The van der Waals surface area contributed by atoms with E-state index in [1.807, 2.05) is 30.3 Å². The van der Waals surface area contributed by atoms with Crippen molar-refractivity contribution in [3.8, 4) is 11.5 Å². The first kappa shape index (κ1) is 30.2. The summed E-state index contributed by atoms with van der Waals surface area (Å²) in [4.78, 5) is 40.4. The molecule has 1 aliphatic heterocycles. The van der Waals surface area contributed by atoms with Crippen LogP contribution in [0.1, 0.15) is 39.5 Å². The highest BCUT2D eigenvalue weighted by atomic mass is 35.5. The Hall–Kier alpha value is -3.85.